The van der Waals surface area contributed by atoms with Crippen molar-refractivity contribution in [3.63, 3.8) is 0 Å². The molecule has 0 spiro atoms. The van der Waals surface area contributed by atoms with E-state index in [0.29, 0.717) is 17.4 Å². The Morgan fingerprint density at radius 2 is 2.19 bits per heavy atom. The second kappa shape index (κ2) is 5.36. The highest BCUT2D eigenvalue weighted by atomic mass is 15.2. The van der Waals surface area contributed by atoms with Crippen molar-refractivity contribution in [2.45, 2.75) is 33.2 Å². The topological polar surface area (TPSA) is 65.9 Å². The summed E-state index contributed by atoms with van der Waals surface area (Å²) in [4.78, 5) is 6.44. The molecule has 1 heterocycles. The van der Waals surface area contributed by atoms with Crippen molar-refractivity contribution < 1.29 is 0 Å². The number of pyridine rings is 1. The van der Waals surface area contributed by atoms with Gasteiger partial charge in [-0.2, -0.15) is 5.26 Å². The predicted molar refractivity (Wildman–Crippen MR) is 66.1 cm³/mol. The smallest absolute Gasteiger partial charge is 0.165 e. The van der Waals surface area contributed by atoms with Crippen LogP contribution in [0, 0.1) is 11.3 Å². The lowest BCUT2D eigenvalue weighted by Crippen LogP contribution is -2.33. The number of nitrogens with two attached hydrogens (primary N) is 1. The van der Waals surface area contributed by atoms with Crippen molar-refractivity contribution in [3.05, 3.63) is 17.8 Å². The molecule has 0 aliphatic heterocycles. The zero-order chi connectivity index (χ0) is 12.1. The van der Waals surface area contributed by atoms with Gasteiger partial charge in [0.15, 0.2) is 5.69 Å². The molecule has 1 atom stereocenters. The second-order valence-corrected chi connectivity index (χ2v) is 3.76. The first-order valence-electron chi connectivity index (χ1n) is 5.57. The number of nitrogen functional groups attached to an aromatic ring is 1. The maximum Gasteiger partial charge on any atom is 0.165 e. The van der Waals surface area contributed by atoms with Gasteiger partial charge in [0.05, 0.1) is 5.69 Å². The third-order valence-electron chi connectivity index (χ3n) is 2.78. The fourth-order valence-corrected chi connectivity index (χ4v) is 1.63. The summed E-state index contributed by atoms with van der Waals surface area (Å²) in [6, 6.07) is 6.03. The summed E-state index contributed by atoms with van der Waals surface area (Å²) < 4.78 is 0. The van der Waals surface area contributed by atoms with Crippen molar-refractivity contribution in [2.24, 2.45) is 0 Å². The summed E-state index contributed by atoms with van der Waals surface area (Å²) in [5.41, 5.74) is 6.39. The van der Waals surface area contributed by atoms with E-state index in [4.69, 9.17) is 11.0 Å². The molecule has 0 aliphatic carbocycles. The van der Waals surface area contributed by atoms with E-state index in [2.05, 4.69) is 30.7 Å². The maximum absolute atomic E-state index is 8.88. The number of hydrogen-bond donors (Lipinski definition) is 1. The number of hydrogen-bond acceptors (Lipinski definition) is 4. The lowest BCUT2D eigenvalue weighted by molar-refractivity contribution is 0.623. The summed E-state index contributed by atoms with van der Waals surface area (Å²) in [6.45, 7) is 7.23. The third kappa shape index (κ3) is 2.43. The van der Waals surface area contributed by atoms with Gasteiger partial charge in [0.2, 0.25) is 0 Å². The molecule has 0 aliphatic rings. The Hall–Kier alpha value is -1.76. The first-order chi connectivity index (χ1) is 7.63. The minimum absolute atomic E-state index is 0.305. The van der Waals surface area contributed by atoms with E-state index >= 15 is 0 Å². The molecule has 0 radical (unpaired) electrons. The molecule has 0 fully saturated rings. The van der Waals surface area contributed by atoms with Gasteiger partial charge in [-0.25, -0.2) is 4.98 Å². The van der Waals surface area contributed by atoms with Crippen LogP contribution in [-0.2, 0) is 0 Å². The monoisotopic (exact) mass is 218 g/mol. The molecule has 86 valence electrons. The lowest BCUT2D eigenvalue weighted by Gasteiger charge is -2.28. The Morgan fingerprint density at radius 1 is 1.50 bits per heavy atom. The highest BCUT2D eigenvalue weighted by Crippen LogP contribution is 2.19. The average molecular weight is 218 g/mol. The van der Waals surface area contributed by atoms with Gasteiger partial charge in [0.1, 0.15) is 11.9 Å². The molecule has 0 saturated carbocycles. The molecule has 16 heavy (non-hydrogen) atoms. The van der Waals surface area contributed by atoms with E-state index in [1.807, 2.05) is 12.1 Å². The van der Waals surface area contributed by atoms with E-state index in [1.165, 1.54) is 0 Å². The Labute approximate surface area is 96.7 Å². The quantitative estimate of drug-likeness (QED) is 0.841. The van der Waals surface area contributed by atoms with Crippen LogP contribution < -0.4 is 10.6 Å². The molecule has 4 heteroatoms. The predicted octanol–water partition coefficient (Wildman–Crippen LogP) is 2.16. The van der Waals surface area contributed by atoms with Gasteiger partial charge in [-0.05, 0) is 32.4 Å². The van der Waals surface area contributed by atoms with Crippen LogP contribution in [0.25, 0.3) is 0 Å². The molecule has 1 unspecified atom stereocenters. The van der Waals surface area contributed by atoms with Gasteiger partial charge in [-0.3, -0.25) is 0 Å². The molecular weight excluding hydrogens is 200 g/mol. The molecule has 2 N–H and O–H groups in total. The number of aromatic nitrogens is 1. The summed E-state index contributed by atoms with van der Waals surface area (Å²) >= 11 is 0. The molecule has 0 bridgehead atoms. The van der Waals surface area contributed by atoms with Crippen molar-refractivity contribution in [1.82, 2.24) is 4.98 Å². The molecule has 1 aromatic heterocycles. The largest absolute Gasteiger partial charge is 0.396 e. The van der Waals surface area contributed by atoms with Crippen LogP contribution in [0.3, 0.4) is 0 Å². The fourth-order valence-electron chi connectivity index (χ4n) is 1.63. The summed E-state index contributed by atoms with van der Waals surface area (Å²) in [5, 5.41) is 8.88. The zero-order valence-corrected chi connectivity index (χ0v) is 10.1. The van der Waals surface area contributed by atoms with Crippen molar-refractivity contribution >= 4 is 11.5 Å². The van der Waals surface area contributed by atoms with Gasteiger partial charge < -0.3 is 10.6 Å². The standard InChI is InChI=1S/C12H18N4/c1-4-9(3)16(5-2)12-7-6-10(14)11(8-13)15-12/h6-7,9H,4-5,14H2,1-3H3. The number of nitriles is 1. The van der Waals surface area contributed by atoms with Crippen molar-refractivity contribution in [2.75, 3.05) is 17.2 Å². The average Bonchev–Trinajstić information content (AvgIpc) is 2.31. The van der Waals surface area contributed by atoms with E-state index in [9.17, 15) is 0 Å². The summed E-state index contributed by atoms with van der Waals surface area (Å²) in [6.07, 6.45) is 1.04. The summed E-state index contributed by atoms with van der Waals surface area (Å²) in [5.74, 6) is 0.822. The van der Waals surface area contributed by atoms with Crippen LogP contribution in [0.5, 0.6) is 0 Å². The molecule has 1 aromatic rings. The van der Waals surface area contributed by atoms with Crippen LogP contribution >= 0.6 is 0 Å². The first kappa shape index (κ1) is 12.3. The van der Waals surface area contributed by atoms with E-state index in [0.717, 1.165) is 18.8 Å². The minimum Gasteiger partial charge on any atom is -0.396 e. The van der Waals surface area contributed by atoms with Gasteiger partial charge in [0.25, 0.3) is 0 Å². The second-order valence-electron chi connectivity index (χ2n) is 3.76. The minimum atomic E-state index is 0.305. The third-order valence-corrected chi connectivity index (χ3v) is 2.78. The molecule has 1 rings (SSSR count). The summed E-state index contributed by atoms with van der Waals surface area (Å²) in [7, 11) is 0. The van der Waals surface area contributed by atoms with Crippen LogP contribution in [0.2, 0.25) is 0 Å². The van der Waals surface area contributed by atoms with Crippen LogP contribution in [0.1, 0.15) is 32.9 Å². The van der Waals surface area contributed by atoms with Crippen LogP contribution in [-0.4, -0.2) is 17.6 Å². The lowest BCUT2D eigenvalue weighted by atomic mass is 10.2. The maximum atomic E-state index is 8.88. The molecular formula is C12H18N4. The Bertz CT molecular complexity index is 394. The zero-order valence-electron chi connectivity index (χ0n) is 10.1. The van der Waals surface area contributed by atoms with Crippen LogP contribution in [0.15, 0.2) is 12.1 Å². The highest BCUT2D eigenvalue weighted by Gasteiger charge is 2.13. The van der Waals surface area contributed by atoms with Crippen molar-refractivity contribution in [3.8, 4) is 6.07 Å². The Morgan fingerprint density at radius 3 is 2.69 bits per heavy atom. The van der Waals surface area contributed by atoms with Gasteiger partial charge >= 0.3 is 0 Å². The molecule has 0 amide bonds. The number of anilines is 2. The highest BCUT2D eigenvalue weighted by molar-refractivity contribution is 5.55. The Balaban J connectivity index is 3.07. The van der Waals surface area contributed by atoms with E-state index < -0.39 is 0 Å². The molecule has 4 nitrogen and oxygen atoms in total. The Kier molecular flexibility index (Phi) is 4.12. The number of rotatable bonds is 4. The molecule has 0 saturated heterocycles. The molecule has 0 aromatic carbocycles. The SMILES string of the molecule is CCC(C)N(CC)c1ccc(N)c(C#N)n1. The fraction of sp³-hybridized carbons (Fsp3) is 0.500. The van der Waals surface area contributed by atoms with E-state index in [1.54, 1.807) is 6.07 Å². The normalized spacial score (nSPS) is 11.9. The van der Waals surface area contributed by atoms with Crippen molar-refractivity contribution in [1.29, 1.82) is 5.26 Å². The van der Waals surface area contributed by atoms with E-state index in [-0.39, 0.29) is 0 Å². The van der Waals surface area contributed by atoms with Gasteiger partial charge in [-0.1, -0.05) is 6.92 Å². The first-order valence-corrected chi connectivity index (χ1v) is 5.57. The van der Waals surface area contributed by atoms with Gasteiger partial charge in [-0.15, -0.1) is 0 Å². The van der Waals surface area contributed by atoms with Crippen LogP contribution in [0.4, 0.5) is 11.5 Å². The van der Waals surface area contributed by atoms with Gasteiger partial charge in [0, 0.05) is 12.6 Å². The number of nitrogens with zero attached hydrogens (tertiary/aromatic N) is 3.